The first-order chi connectivity index (χ1) is 15.7. The molecule has 3 heterocycles. The van der Waals surface area contributed by atoms with Crippen LogP contribution in [-0.4, -0.2) is 64.2 Å². The van der Waals surface area contributed by atoms with Crippen molar-refractivity contribution in [3.63, 3.8) is 0 Å². The predicted octanol–water partition coefficient (Wildman–Crippen LogP) is 1.93. The molecule has 1 aromatic carbocycles. The van der Waals surface area contributed by atoms with E-state index < -0.39 is 35.6 Å². The molecule has 8 heteroatoms. The zero-order chi connectivity index (χ0) is 23.9. The Balaban J connectivity index is 1.72. The molecule has 180 valence electrons. The Morgan fingerprint density at radius 3 is 2.52 bits per heavy atom. The molecule has 0 aromatic heterocycles. The molecule has 3 fully saturated rings. The SMILES string of the molecule is CC[C@H](C)[C@H](CO)N1C(=O)[C@@H]2[C@@H](C(=O)Nc3ccccc3)[C@H]3CCC2(O3)C1C(=O)NC(C)C. The summed E-state index contributed by atoms with van der Waals surface area (Å²) in [6.07, 6.45) is 1.49. The average molecular weight is 458 g/mol. The summed E-state index contributed by atoms with van der Waals surface area (Å²) in [5.41, 5.74) is -0.399. The van der Waals surface area contributed by atoms with Gasteiger partial charge in [-0.3, -0.25) is 14.4 Å². The summed E-state index contributed by atoms with van der Waals surface area (Å²) in [5, 5.41) is 16.1. The Labute approximate surface area is 195 Å². The van der Waals surface area contributed by atoms with E-state index in [1.54, 1.807) is 17.0 Å². The number of likely N-dealkylation sites (tertiary alicyclic amines) is 1. The first-order valence-corrected chi connectivity index (χ1v) is 12.0. The van der Waals surface area contributed by atoms with Crippen molar-refractivity contribution in [1.82, 2.24) is 10.2 Å². The van der Waals surface area contributed by atoms with Gasteiger partial charge in [0.15, 0.2) is 0 Å². The average Bonchev–Trinajstić information content (AvgIpc) is 3.42. The first kappa shape index (κ1) is 23.7. The lowest BCUT2D eigenvalue weighted by atomic mass is 9.70. The molecule has 2 unspecified atom stereocenters. The quantitative estimate of drug-likeness (QED) is 0.553. The maximum Gasteiger partial charge on any atom is 0.246 e. The van der Waals surface area contributed by atoms with E-state index in [0.717, 1.165) is 6.42 Å². The third-order valence-corrected chi connectivity index (χ3v) is 7.61. The molecule has 3 aliphatic rings. The Bertz CT molecular complexity index is 907. The van der Waals surface area contributed by atoms with Crippen LogP contribution in [0.4, 0.5) is 5.69 Å². The van der Waals surface area contributed by atoms with E-state index in [0.29, 0.717) is 18.5 Å². The number of hydrogen-bond acceptors (Lipinski definition) is 5. The Kier molecular flexibility index (Phi) is 6.51. The largest absolute Gasteiger partial charge is 0.394 e. The number of rotatable bonds is 8. The van der Waals surface area contributed by atoms with Gasteiger partial charge in [0, 0.05) is 11.7 Å². The van der Waals surface area contributed by atoms with Crippen molar-refractivity contribution in [2.75, 3.05) is 11.9 Å². The number of anilines is 1. The zero-order valence-electron chi connectivity index (χ0n) is 19.8. The van der Waals surface area contributed by atoms with Gasteiger partial charge in [-0.25, -0.2) is 0 Å². The fourth-order valence-corrected chi connectivity index (χ4v) is 5.97. The molecule has 0 saturated carbocycles. The molecule has 7 atom stereocenters. The van der Waals surface area contributed by atoms with Gasteiger partial charge in [0.25, 0.3) is 0 Å². The standard InChI is InChI=1S/C25H35N3O5/c1-5-15(4)17(13-29)28-21(23(31)26-14(2)3)25-12-11-18(33-25)19(20(25)24(28)32)22(30)27-16-9-7-6-8-10-16/h6-10,14-15,17-21,29H,5,11-13H2,1-4H3,(H,26,31)(H,27,30)/t15-,17-,18+,19-,20-,21?,25?/m0/s1. The van der Waals surface area contributed by atoms with Crippen LogP contribution in [0.3, 0.4) is 0 Å². The number of carbonyl (C=O) groups is 3. The van der Waals surface area contributed by atoms with Crippen molar-refractivity contribution < 1.29 is 24.2 Å². The number of nitrogens with zero attached hydrogens (tertiary/aromatic N) is 1. The van der Waals surface area contributed by atoms with Gasteiger partial charge >= 0.3 is 0 Å². The minimum absolute atomic E-state index is 0.0164. The Morgan fingerprint density at radius 2 is 1.91 bits per heavy atom. The van der Waals surface area contributed by atoms with E-state index in [4.69, 9.17) is 4.74 Å². The van der Waals surface area contributed by atoms with E-state index in [1.807, 2.05) is 45.9 Å². The lowest BCUT2D eigenvalue weighted by Gasteiger charge is -2.39. The number of ether oxygens (including phenoxy) is 1. The Hall–Kier alpha value is -2.45. The molecular formula is C25H35N3O5. The molecule has 3 amide bonds. The number of hydrogen-bond donors (Lipinski definition) is 3. The summed E-state index contributed by atoms with van der Waals surface area (Å²) in [6.45, 7) is 7.45. The summed E-state index contributed by atoms with van der Waals surface area (Å²) in [4.78, 5) is 42.3. The second kappa shape index (κ2) is 9.06. The molecule has 0 aliphatic carbocycles. The summed E-state index contributed by atoms with van der Waals surface area (Å²) < 4.78 is 6.41. The highest BCUT2D eigenvalue weighted by molar-refractivity contribution is 6.02. The van der Waals surface area contributed by atoms with Crippen LogP contribution in [0.15, 0.2) is 30.3 Å². The number of nitrogens with one attached hydrogen (secondary N) is 2. The van der Waals surface area contributed by atoms with Gasteiger partial charge in [-0.1, -0.05) is 38.5 Å². The highest BCUT2D eigenvalue weighted by Gasteiger charge is 2.75. The second-order valence-electron chi connectivity index (χ2n) is 9.96. The molecule has 1 spiro atoms. The van der Waals surface area contributed by atoms with Crippen LogP contribution in [0, 0.1) is 17.8 Å². The summed E-state index contributed by atoms with van der Waals surface area (Å²) in [5.74, 6) is -2.26. The summed E-state index contributed by atoms with van der Waals surface area (Å²) in [6, 6.07) is 7.63. The fraction of sp³-hybridized carbons (Fsp3) is 0.640. The molecule has 3 saturated heterocycles. The van der Waals surface area contributed by atoms with Gasteiger partial charge < -0.3 is 25.4 Å². The van der Waals surface area contributed by atoms with E-state index in [-0.39, 0.29) is 36.3 Å². The van der Waals surface area contributed by atoms with Crippen LogP contribution < -0.4 is 10.6 Å². The topological polar surface area (TPSA) is 108 Å². The maximum absolute atomic E-state index is 13.9. The van der Waals surface area contributed by atoms with Crippen LogP contribution in [-0.2, 0) is 19.1 Å². The number of aliphatic hydroxyl groups is 1. The lowest BCUT2D eigenvalue weighted by Crippen LogP contribution is -2.59. The normalized spacial score (nSPS) is 32.1. The van der Waals surface area contributed by atoms with Crippen molar-refractivity contribution in [3.8, 4) is 0 Å². The van der Waals surface area contributed by atoms with E-state index in [9.17, 15) is 19.5 Å². The number of aliphatic hydroxyl groups excluding tert-OH is 1. The predicted molar refractivity (Wildman–Crippen MR) is 123 cm³/mol. The molecule has 8 nitrogen and oxygen atoms in total. The van der Waals surface area contributed by atoms with Gasteiger partial charge in [-0.2, -0.15) is 0 Å². The van der Waals surface area contributed by atoms with Crippen LogP contribution in [0.1, 0.15) is 47.0 Å². The molecule has 1 aromatic rings. The van der Waals surface area contributed by atoms with Crippen LogP contribution in [0.5, 0.6) is 0 Å². The highest BCUT2D eigenvalue weighted by Crippen LogP contribution is 2.59. The first-order valence-electron chi connectivity index (χ1n) is 12.0. The minimum Gasteiger partial charge on any atom is -0.394 e. The van der Waals surface area contributed by atoms with Crippen molar-refractivity contribution in [3.05, 3.63) is 30.3 Å². The molecule has 4 rings (SSSR count). The van der Waals surface area contributed by atoms with Gasteiger partial charge in [-0.15, -0.1) is 0 Å². The van der Waals surface area contributed by atoms with E-state index in [2.05, 4.69) is 10.6 Å². The van der Waals surface area contributed by atoms with Crippen molar-refractivity contribution in [2.45, 2.75) is 76.8 Å². The molecular weight excluding hydrogens is 422 g/mol. The smallest absolute Gasteiger partial charge is 0.246 e. The van der Waals surface area contributed by atoms with E-state index in [1.165, 1.54) is 0 Å². The number of para-hydroxylation sites is 1. The number of carbonyl (C=O) groups excluding carboxylic acids is 3. The lowest BCUT2D eigenvalue weighted by molar-refractivity contribution is -0.146. The third-order valence-electron chi connectivity index (χ3n) is 7.61. The summed E-state index contributed by atoms with van der Waals surface area (Å²) >= 11 is 0. The van der Waals surface area contributed by atoms with Crippen LogP contribution in [0.2, 0.25) is 0 Å². The Morgan fingerprint density at radius 1 is 1.21 bits per heavy atom. The van der Waals surface area contributed by atoms with Crippen LogP contribution >= 0.6 is 0 Å². The van der Waals surface area contributed by atoms with Crippen molar-refractivity contribution >= 4 is 23.4 Å². The van der Waals surface area contributed by atoms with Gasteiger partial charge in [0.1, 0.15) is 11.6 Å². The van der Waals surface area contributed by atoms with Gasteiger partial charge in [0.05, 0.1) is 30.6 Å². The third kappa shape index (κ3) is 3.83. The maximum atomic E-state index is 13.9. The fourth-order valence-electron chi connectivity index (χ4n) is 5.97. The zero-order valence-corrected chi connectivity index (χ0v) is 19.8. The molecule has 3 aliphatic heterocycles. The van der Waals surface area contributed by atoms with Gasteiger partial charge in [-0.05, 0) is 44.7 Å². The number of fused-ring (bicyclic) bond motifs is 1. The summed E-state index contributed by atoms with van der Waals surface area (Å²) in [7, 11) is 0. The highest BCUT2D eigenvalue weighted by atomic mass is 16.5. The van der Waals surface area contributed by atoms with Crippen molar-refractivity contribution in [1.29, 1.82) is 0 Å². The van der Waals surface area contributed by atoms with Crippen LogP contribution in [0.25, 0.3) is 0 Å². The van der Waals surface area contributed by atoms with Crippen molar-refractivity contribution in [2.24, 2.45) is 17.8 Å². The van der Waals surface area contributed by atoms with Gasteiger partial charge in [0.2, 0.25) is 17.7 Å². The van der Waals surface area contributed by atoms with E-state index >= 15 is 0 Å². The number of amides is 3. The molecule has 0 radical (unpaired) electrons. The monoisotopic (exact) mass is 457 g/mol. The molecule has 2 bridgehead atoms. The second-order valence-corrected chi connectivity index (χ2v) is 9.96. The molecule has 3 N–H and O–H groups in total. The minimum atomic E-state index is -1.06. The molecule has 33 heavy (non-hydrogen) atoms. The number of benzene rings is 1.